The maximum Gasteiger partial charge on any atom is 0.240 e. The fourth-order valence-corrected chi connectivity index (χ4v) is 3.45. The van der Waals surface area contributed by atoms with Crippen molar-refractivity contribution in [1.29, 1.82) is 0 Å². The molecule has 0 spiro atoms. The summed E-state index contributed by atoms with van der Waals surface area (Å²) in [5.74, 6) is 7.03. The molecule has 0 radical (unpaired) electrons. The summed E-state index contributed by atoms with van der Waals surface area (Å²) in [6.45, 7) is 1.78. The number of aliphatic hydroxyl groups excluding tert-OH is 1. The van der Waals surface area contributed by atoms with E-state index < -0.39 is 0 Å². The molecule has 1 heterocycles. The number of benzene rings is 1. The summed E-state index contributed by atoms with van der Waals surface area (Å²) in [5, 5.41) is 11.7. The maximum atomic E-state index is 12.5. The molecule has 1 aliphatic rings. The summed E-state index contributed by atoms with van der Waals surface area (Å²) in [6.07, 6.45) is 1.95. The Bertz CT molecular complexity index is 583. The highest BCUT2D eigenvalue weighted by atomic mass is 32.2. The summed E-state index contributed by atoms with van der Waals surface area (Å²) in [7, 11) is 1.57. The normalized spacial score (nSPS) is 20.5. The molecule has 21 heavy (non-hydrogen) atoms. The molecular formula is C16H19NO3S. The number of aliphatic hydroxyl groups is 1. The number of thioether (sulfide) groups is 1. The van der Waals surface area contributed by atoms with Gasteiger partial charge < -0.3 is 15.2 Å². The Kier molecular flexibility index (Phi) is 5.16. The zero-order valence-electron chi connectivity index (χ0n) is 12.2. The van der Waals surface area contributed by atoms with Crippen LogP contribution in [0.4, 0.5) is 5.69 Å². The number of hydrogen-bond acceptors (Lipinski definition) is 4. The lowest BCUT2D eigenvalue weighted by atomic mass is 10.0. The number of amides is 1. The molecule has 112 valence electrons. The molecule has 1 amide bonds. The van der Waals surface area contributed by atoms with E-state index in [0.717, 1.165) is 24.2 Å². The number of carbonyl (C=O) groups excluding carboxylic acids is 1. The van der Waals surface area contributed by atoms with Crippen molar-refractivity contribution in [3.8, 4) is 17.6 Å². The summed E-state index contributed by atoms with van der Waals surface area (Å²) >= 11 is 1.69. The second kappa shape index (κ2) is 6.88. The van der Waals surface area contributed by atoms with Crippen molar-refractivity contribution >= 4 is 23.4 Å². The second-order valence-corrected chi connectivity index (χ2v) is 6.61. The summed E-state index contributed by atoms with van der Waals surface area (Å²) < 4.78 is 4.90. The van der Waals surface area contributed by atoms with E-state index in [9.17, 15) is 4.79 Å². The van der Waals surface area contributed by atoms with Crippen molar-refractivity contribution < 1.29 is 14.6 Å². The van der Waals surface area contributed by atoms with Crippen molar-refractivity contribution in [1.82, 2.24) is 0 Å². The quantitative estimate of drug-likeness (QED) is 0.841. The molecule has 0 aliphatic carbocycles. The monoisotopic (exact) mass is 305 g/mol. The van der Waals surface area contributed by atoms with Crippen LogP contribution in [0.2, 0.25) is 0 Å². The van der Waals surface area contributed by atoms with E-state index in [1.165, 1.54) is 0 Å². The lowest BCUT2D eigenvalue weighted by Gasteiger charge is -2.22. The Hall–Kier alpha value is -1.64. The van der Waals surface area contributed by atoms with Gasteiger partial charge in [0, 0.05) is 5.56 Å². The van der Waals surface area contributed by atoms with E-state index >= 15 is 0 Å². The number of rotatable bonds is 3. The second-order valence-electron chi connectivity index (χ2n) is 5.01. The van der Waals surface area contributed by atoms with Crippen LogP contribution in [0.3, 0.4) is 0 Å². The smallest absolute Gasteiger partial charge is 0.240 e. The summed E-state index contributed by atoms with van der Waals surface area (Å²) in [4.78, 5) is 12.5. The van der Waals surface area contributed by atoms with Gasteiger partial charge in [0.05, 0.1) is 17.5 Å². The van der Waals surface area contributed by atoms with E-state index in [4.69, 9.17) is 9.84 Å². The van der Waals surface area contributed by atoms with Crippen LogP contribution in [-0.4, -0.2) is 35.2 Å². The SMILES string of the molecule is COc1ccc(C#CCO)cc1NC(=O)C1(C)CCCS1. The lowest BCUT2D eigenvalue weighted by molar-refractivity contribution is -0.118. The van der Waals surface area contributed by atoms with Gasteiger partial charge in [-0.2, -0.15) is 0 Å². The highest BCUT2D eigenvalue weighted by Crippen LogP contribution is 2.39. The molecule has 1 saturated heterocycles. The topological polar surface area (TPSA) is 58.6 Å². The van der Waals surface area contributed by atoms with Gasteiger partial charge in [-0.3, -0.25) is 4.79 Å². The van der Waals surface area contributed by atoms with Crippen molar-refractivity contribution in [3.05, 3.63) is 23.8 Å². The first-order valence-electron chi connectivity index (χ1n) is 6.82. The summed E-state index contributed by atoms with van der Waals surface area (Å²) in [6, 6.07) is 5.33. The van der Waals surface area contributed by atoms with E-state index in [2.05, 4.69) is 17.2 Å². The molecule has 1 unspecified atom stereocenters. The Labute approximate surface area is 129 Å². The number of hydrogen-bond donors (Lipinski definition) is 2. The Morgan fingerprint density at radius 3 is 3.00 bits per heavy atom. The molecule has 4 nitrogen and oxygen atoms in total. The van der Waals surface area contributed by atoms with Crippen molar-refractivity contribution in [2.45, 2.75) is 24.5 Å². The van der Waals surface area contributed by atoms with E-state index in [-0.39, 0.29) is 17.3 Å². The van der Waals surface area contributed by atoms with Crippen molar-refractivity contribution in [3.63, 3.8) is 0 Å². The average molecular weight is 305 g/mol. The molecule has 1 aromatic rings. The minimum Gasteiger partial charge on any atom is -0.495 e. The highest BCUT2D eigenvalue weighted by molar-refractivity contribution is 8.01. The number of ether oxygens (including phenoxy) is 1. The Morgan fingerprint density at radius 2 is 2.38 bits per heavy atom. The van der Waals surface area contributed by atoms with Gasteiger partial charge in [-0.25, -0.2) is 0 Å². The molecule has 0 aromatic heterocycles. The van der Waals surface area contributed by atoms with Crippen molar-refractivity contribution in [2.75, 3.05) is 24.8 Å². The third kappa shape index (κ3) is 3.72. The fourth-order valence-electron chi connectivity index (χ4n) is 2.24. The number of anilines is 1. The molecule has 1 fully saturated rings. The van der Waals surface area contributed by atoms with Gasteiger partial charge in [0.1, 0.15) is 12.4 Å². The molecule has 0 bridgehead atoms. The zero-order valence-corrected chi connectivity index (χ0v) is 13.0. The van der Waals surface area contributed by atoms with Gasteiger partial charge >= 0.3 is 0 Å². The minimum atomic E-state index is -0.377. The molecule has 0 saturated carbocycles. The largest absolute Gasteiger partial charge is 0.495 e. The first-order chi connectivity index (χ1) is 10.1. The van der Waals surface area contributed by atoms with Crippen molar-refractivity contribution in [2.24, 2.45) is 0 Å². The third-order valence-electron chi connectivity index (χ3n) is 3.46. The van der Waals surface area contributed by atoms with Gasteiger partial charge in [0.15, 0.2) is 0 Å². The minimum absolute atomic E-state index is 0.00410. The van der Waals surface area contributed by atoms with Gasteiger partial charge in [-0.1, -0.05) is 11.8 Å². The van der Waals surface area contributed by atoms with Gasteiger partial charge in [-0.05, 0) is 43.7 Å². The van der Waals surface area contributed by atoms with Crippen LogP contribution < -0.4 is 10.1 Å². The van der Waals surface area contributed by atoms with Gasteiger partial charge in [0.25, 0.3) is 0 Å². The predicted molar refractivity (Wildman–Crippen MR) is 85.7 cm³/mol. The zero-order chi connectivity index (χ0) is 15.3. The Balaban J connectivity index is 2.22. The van der Waals surface area contributed by atoms with E-state index in [1.54, 1.807) is 37.1 Å². The molecule has 2 N–H and O–H groups in total. The third-order valence-corrected chi connectivity index (χ3v) is 4.98. The lowest BCUT2D eigenvalue weighted by Crippen LogP contribution is -2.34. The van der Waals surface area contributed by atoms with Crippen LogP contribution >= 0.6 is 11.8 Å². The van der Waals surface area contributed by atoms with Crippen LogP contribution in [0.1, 0.15) is 25.3 Å². The molecular weight excluding hydrogens is 286 g/mol. The maximum absolute atomic E-state index is 12.5. The Morgan fingerprint density at radius 1 is 1.57 bits per heavy atom. The number of nitrogens with one attached hydrogen (secondary N) is 1. The molecule has 1 aliphatic heterocycles. The van der Waals surface area contributed by atoms with Crippen LogP contribution in [0.15, 0.2) is 18.2 Å². The number of methoxy groups -OCH3 is 1. The van der Waals surface area contributed by atoms with Crippen LogP contribution in [-0.2, 0) is 4.79 Å². The fraction of sp³-hybridized carbons (Fsp3) is 0.438. The van der Waals surface area contributed by atoms with Gasteiger partial charge in [0.2, 0.25) is 5.91 Å². The van der Waals surface area contributed by atoms with Crippen LogP contribution in [0.5, 0.6) is 5.75 Å². The molecule has 1 aromatic carbocycles. The predicted octanol–water partition coefficient (Wildman–Crippen LogP) is 2.26. The van der Waals surface area contributed by atoms with Crippen LogP contribution in [0, 0.1) is 11.8 Å². The van der Waals surface area contributed by atoms with E-state index in [1.807, 2.05) is 6.92 Å². The van der Waals surface area contributed by atoms with Crippen LogP contribution in [0.25, 0.3) is 0 Å². The van der Waals surface area contributed by atoms with Gasteiger partial charge in [-0.15, -0.1) is 11.8 Å². The average Bonchev–Trinajstić information content (AvgIpc) is 2.93. The molecule has 5 heteroatoms. The number of carbonyl (C=O) groups is 1. The standard InChI is InChI=1S/C16H19NO3S/c1-16(8-4-10-21-16)15(19)17-13-11-12(5-3-9-18)6-7-14(13)20-2/h6-7,11,18H,4,8-10H2,1-2H3,(H,17,19). The first-order valence-corrected chi connectivity index (χ1v) is 7.81. The molecule has 2 rings (SSSR count). The first kappa shape index (κ1) is 15.7. The summed E-state index contributed by atoms with van der Waals surface area (Å²) in [5.41, 5.74) is 1.34. The van der Waals surface area contributed by atoms with E-state index in [0.29, 0.717) is 11.4 Å². The highest BCUT2D eigenvalue weighted by Gasteiger charge is 2.37. The molecule has 1 atom stereocenters.